The van der Waals surface area contributed by atoms with Crippen LogP contribution in [0, 0.1) is 5.92 Å². The molecule has 1 aliphatic carbocycles. The third-order valence-electron chi connectivity index (χ3n) is 3.54. The van der Waals surface area contributed by atoms with Crippen LogP contribution in [-0.2, 0) is 6.42 Å². The van der Waals surface area contributed by atoms with Gasteiger partial charge in [0.2, 0.25) is 0 Å². The Labute approximate surface area is 97.3 Å². The molecule has 1 saturated carbocycles. The van der Waals surface area contributed by atoms with Crippen LogP contribution in [0.1, 0.15) is 31.2 Å². The number of rotatable bonds is 3. The van der Waals surface area contributed by atoms with Gasteiger partial charge in [-0.05, 0) is 36.8 Å². The lowest BCUT2D eigenvalue weighted by Gasteiger charge is -2.28. The van der Waals surface area contributed by atoms with E-state index in [9.17, 15) is 5.11 Å². The van der Waals surface area contributed by atoms with Crippen molar-refractivity contribution in [2.24, 2.45) is 5.92 Å². The molecule has 1 N–H and O–H groups in total. The van der Waals surface area contributed by atoms with Crippen LogP contribution >= 0.6 is 0 Å². The summed E-state index contributed by atoms with van der Waals surface area (Å²) in [5, 5.41) is 9.95. The maximum absolute atomic E-state index is 9.95. The Bertz CT molecular complexity index is 335. The Morgan fingerprint density at radius 3 is 2.75 bits per heavy atom. The number of benzene rings is 1. The summed E-state index contributed by atoms with van der Waals surface area (Å²) in [6, 6.07) is 8.11. The molecule has 0 amide bonds. The standard InChI is InChI=1S/C14H20O2/c1-16-14-9-5-3-7-12(14)10-11-6-2-4-8-13(11)15/h3,5,7,9,11,13,15H,2,4,6,8,10H2,1H3. The molecule has 0 radical (unpaired) electrons. The van der Waals surface area contributed by atoms with Gasteiger partial charge in [-0.15, -0.1) is 0 Å². The van der Waals surface area contributed by atoms with E-state index in [1.807, 2.05) is 18.2 Å². The molecule has 0 heterocycles. The molecule has 1 aromatic carbocycles. The molecule has 2 rings (SSSR count). The second-order valence-electron chi connectivity index (χ2n) is 4.63. The third-order valence-corrected chi connectivity index (χ3v) is 3.54. The van der Waals surface area contributed by atoms with Crippen molar-refractivity contribution in [3.63, 3.8) is 0 Å². The van der Waals surface area contributed by atoms with Crippen LogP contribution in [0.15, 0.2) is 24.3 Å². The summed E-state index contributed by atoms with van der Waals surface area (Å²) in [7, 11) is 1.70. The first-order chi connectivity index (χ1) is 7.81. The first kappa shape index (κ1) is 11.5. The molecule has 2 unspecified atom stereocenters. The highest BCUT2D eigenvalue weighted by Crippen LogP contribution is 2.30. The summed E-state index contributed by atoms with van der Waals surface area (Å²) in [6.45, 7) is 0. The Morgan fingerprint density at radius 1 is 1.25 bits per heavy atom. The zero-order valence-corrected chi connectivity index (χ0v) is 9.86. The quantitative estimate of drug-likeness (QED) is 0.848. The zero-order chi connectivity index (χ0) is 11.4. The van der Waals surface area contributed by atoms with E-state index < -0.39 is 0 Å². The number of hydrogen-bond donors (Lipinski definition) is 1. The minimum atomic E-state index is -0.126. The molecule has 0 aliphatic heterocycles. The summed E-state index contributed by atoms with van der Waals surface area (Å²) < 4.78 is 5.34. The topological polar surface area (TPSA) is 29.5 Å². The number of aliphatic hydroxyl groups is 1. The van der Waals surface area contributed by atoms with Crippen molar-refractivity contribution in [2.75, 3.05) is 7.11 Å². The van der Waals surface area contributed by atoms with Gasteiger partial charge in [0.05, 0.1) is 13.2 Å². The zero-order valence-electron chi connectivity index (χ0n) is 9.86. The second-order valence-corrected chi connectivity index (χ2v) is 4.63. The van der Waals surface area contributed by atoms with Crippen LogP contribution in [0.2, 0.25) is 0 Å². The molecule has 16 heavy (non-hydrogen) atoms. The summed E-state index contributed by atoms with van der Waals surface area (Å²) in [5.74, 6) is 1.35. The van der Waals surface area contributed by atoms with E-state index in [0.29, 0.717) is 5.92 Å². The molecule has 2 atom stereocenters. The molecular formula is C14H20O2. The fraction of sp³-hybridized carbons (Fsp3) is 0.571. The summed E-state index contributed by atoms with van der Waals surface area (Å²) in [4.78, 5) is 0. The Morgan fingerprint density at radius 2 is 2.00 bits per heavy atom. The molecular weight excluding hydrogens is 200 g/mol. The third kappa shape index (κ3) is 2.56. The monoisotopic (exact) mass is 220 g/mol. The van der Waals surface area contributed by atoms with Gasteiger partial charge in [0, 0.05) is 0 Å². The minimum Gasteiger partial charge on any atom is -0.496 e. The van der Waals surface area contributed by atoms with Gasteiger partial charge in [-0.2, -0.15) is 0 Å². The van der Waals surface area contributed by atoms with Crippen molar-refractivity contribution < 1.29 is 9.84 Å². The van der Waals surface area contributed by atoms with Crippen molar-refractivity contribution >= 4 is 0 Å². The number of methoxy groups -OCH3 is 1. The van der Waals surface area contributed by atoms with Gasteiger partial charge in [-0.25, -0.2) is 0 Å². The number of aliphatic hydroxyl groups excluding tert-OH is 1. The first-order valence-electron chi connectivity index (χ1n) is 6.11. The fourth-order valence-corrected chi connectivity index (χ4v) is 2.58. The van der Waals surface area contributed by atoms with Gasteiger partial charge in [-0.3, -0.25) is 0 Å². The van der Waals surface area contributed by atoms with E-state index in [2.05, 4.69) is 6.07 Å². The largest absolute Gasteiger partial charge is 0.496 e. The molecule has 1 fully saturated rings. The van der Waals surface area contributed by atoms with Gasteiger partial charge in [0.15, 0.2) is 0 Å². The van der Waals surface area contributed by atoms with E-state index in [4.69, 9.17) is 4.74 Å². The Hall–Kier alpha value is -1.02. The van der Waals surface area contributed by atoms with Crippen molar-refractivity contribution in [1.82, 2.24) is 0 Å². The van der Waals surface area contributed by atoms with Crippen LogP contribution in [0.4, 0.5) is 0 Å². The predicted molar refractivity (Wildman–Crippen MR) is 64.7 cm³/mol. The van der Waals surface area contributed by atoms with E-state index in [1.165, 1.54) is 18.4 Å². The molecule has 0 spiro atoms. The molecule has 1 aromatic rings. The molecule has 0 bridgehead atoms. The highest BCUT2D eigenvalue weighted by Gasteiger charge is 2.23. The lowest BCUT2D eigenvalue weighted by atomic mass is 9.82. The van der Waals surface area contributed by atoms with Gasteiger partial charge in [-0.1, -0.05) is 31.0 Å². The Kier molecular flexibility index (Phi) is 3.83. The van der Waals surface area contributed by atoms with E-state index in [1.54, 1.807) is 7.11 Å². The summed E-state index contributed by atoms with van der Waals surface area (Å²) >= 11 is 0. The highest BCUT2D eigenvalue weighted by atomic mass is 16.5. The lowest BCUT2D eigenvalue weighted by molar-refractivity contribution is 0.0697. The first-order valence-corrected chi connectivity index (χ1v) is 6.11. The smallest absolute Gasteiger partial charge is 0.122 e. The van der Waals surface area contributed by atoms with Crippen molar-refractivity contribution in [3.05, 3.63) is 29.8 Å². The molecule has 2 nitrogen and oxygen atoms in total. The maximum Gasteiger partial charge on any atom is 0.122 e. The van der Waals surface area contributed by atoms with Crippen LogP contribution in [0.25, 0.3) is 0 Å². The lowest BCUT2D eigenvalue weighted by Crippen LogP contribution is -2.26. The maximum atomic E-state index is 9.95. The van der Waals surface area contributed by atoms with E-state index >= 15 is 0 Å². The molecule has 88 valence electrons. The number of hydrogen-bond acceptors (Lipinski definition) is 2. The number of para-hydroxylation sites is 1. The molecule has 0 aromatic heterocycles. The van der Waals surface area contributed by atoms with Crippen LogP contribution in [0.3, 0.4) is 0 Å². The van der Waals surface area contributed by atoms with Gasteiger partial charge in [0.1, 0.15) is 5.75 Å². The molecule has 2 heteroatoms. The minimum absolute atomic E-state index is 0.126. The Balaban J connectivity index is 2.07. The van der Waals surface area contributed by atoms with Gasteiger partial charge >= 0.3 is 0 Å². The average Bonchev–Trinajstić information content (AvgIpc) is 2.33. The van der Waals surface area contributed by atoms with Crippen molar-refractivity contribution in [2.45, 2.75) is 38.2 Å². The van der Waals surface area contributed by atoms with E-state index in [0.717, 1.165) is 25.0 Å². The molecule has 0 saturated heterocycles. The van der Waals surface area contributed by atoms with Crippen LogP contribution in [0.5, 0.6) is 5.75 Å². The number of ether oxygens (including phenoxy) is 1. The predicted octanol–water partition coefficient (Wildman–Crippen LogP) is 2.79. The normalized spacial score (nSPS) is 25.4. The van der Waals surface area contributed by atoms with Gasteiger partial charge in [0.25, 0.3) is 0 Å². The second kappa shape index (κ2) is 5.35. The highest BCUT2D eigenvalue weighted by molar-refractivity contribution is 5.33. The van der Waals surface area contributed by atoms with Crippen molar-refractivity contribution in [3.8, 4) is 5.75 Å². The van der Waals surface area contributed by atoms with Crippen LogP contribution in [-0.4, -0.2) is 18.3 Å². The SMILES string of the molecule is COc1ccccc1CC1CCCCC1O. The summed E-state index contributed by atoms with van der Waals surface area (Å²) in [5.41, 5.74) is 1.22. The van der Waals surface area contributed by atoms with Crippen LogP contribution < -0.4 is 4.74 Å². The van der Waals surface area contributed by atoms with Crippen molar-refractivity contribution in [1.29, 1.82) is 0 Å². The average molecular weight is 220 g/mol. The van der Waals surface area contributed by atoms with E-state index in [-0.39, 0.29) is 6.10 Å². The fourth-order valence-electron chi connectivity index (χ4n) is 2.58. The van der Waals surface area contributed by atoms with Gasteiger partial charge < -0.3 is 9.84 Å². The summed E-state index contributed by atoms with van der Waals surface area (Å²) in [6.07, 6.45) is 5.32. The molecule has 1 aliphatic rings.